The van der Waals surface area contributed by atoms with Gasteiger partial charge in [0.05, 0.1) is 48.4 Å². The van der Waals surface area contributed by atoms with Crippen LogP contribution in [0.1, 0.15) is 77.1 Å². The number of amides is 3. The predicted octanol–water partition coefficient (Wildman–Crippen LogP) is 7.33. The Kier molecular flexibility index (Phi) is 11.1. The highest BCUT2D eigenvalue weighted by molar-refractivity contribution is 5.87. The molecule has 0 aliphatic carbocycles. The molecule has 2 saturated heterocycles. The summed E-state index contributed by atoms with van der Waals surface area (Å²) in [6.45, 7) is 10.3. The first-order valence-electron chi connectivity index (χ1n) is 19.4. The molecule has 0 radical (unpaired) electrons. The lowest BCUT2D eigenvalue weighted by molar-refractivity contribution is -0.135. The van der Waals surface area contributed by atoms with Crippen LogP contribution in [0.25, 0.3) is 44.3 Å². The van der Waals surface area contributed by atoms with Crippen molar-refractivity contribution in [2.45, 2.75) is 77.5 Å². The molecular formula is C42H52N8O5. The van der Waals surface area contributed by atoms with Crippen molar-refractivity contribution in [1.82, 2.24) is 40.4 Å². The number of aromatic nitrogens is 4. The van der Waals surface area contributed by atoms with Crippen LogP contribution in [0.5, 0.6) is 0 Å². The second-order valence-electron chi connectivity index (χ2n) is 15.5. The first-order chi connectivity index (χ1) is 26.5. The molecule has 3 amide bonds. The Morgan fingerprint density at radius 3 is 1.76 bits per heavy atom. The lowest BCUT2D eigenvalue weighted by Crippen LogP contribution is -2.51. The first-order valence-corrected chi connectivity index (χ1v) is 19.4. The van der Waals surface area contributed by atoms with Crippen LogP contribution in [0.4, 0.5) is 9.59 Å². The van der Waals surface area contributed by atoms with Gasteiger partial charge in [-0.25, -0.2) is 19.6 Å². The van der Waals surface area contributed by atoms with Crippen LogP contribution in [-0.4, -0.2) is 93.8 Å². The number of alkyl carbamates (subject to hydrolysis) is 2. The second kappa shape index (κ2) is 16.1. The highest BCUT2D eigenvalue weighted by Gasteiger charge is 2.38. The molecule has 0 spiro atoms. The summed E-state index contributed by atoms with van der Waals surface area (Å²) in [5.41, 5.74) is 8.04. The molecule has 4 heterocycles. The Morgan fingerprint density at radius 2 is 1.22 bits per heavy atom. The van der Waals surface area contributed by atoms with Crippen LogP contribution in [0.2, 0.25) is 0 Å². The molecule has 2 aromatic heterocycles. The molecule has 0 saturated carbocycles. The van der Waals surface area contributed by atoms with Gasteiger partial charge in [-0.2, -0.15) is 0 Å². The summed E-state index contributed by atoms with van der Waals surface area (Å²) in [7, 11) is 2.70. The number of nitrogens with zero attached hydrogens (tertiary/aromatic N) is 4. The Balaban J connectivity index is 1.05. The van der Waals surface area contributed by atoms with E-state index in [0.717, 1.165) is 94.7 Å². The molecule has 2 aliphatic heterocycles. The topological polar surface area (TPSA) is 158 Å². The van der Waals surface area contributed by atoms with E-state index in [-0.39, 0.29) is 35.9 Å². The standard InChI is InChI=1S/C42H52N8O5/c1-24(2)34(47-41(52)54-5)23-49-19-7-9-35(49)38-43-30-17-15-28(21-32(30)45-38)26-11-13-27(14-12-26)29-16-18-31-33(22-29)46-39(44-31)36-10-8-20-50(36)40(51)37(25(3)4)48-42(53)55-6/h11-18,21-22,24-25,34-37H,7-10,19-20,23H2,1-6H3,(H,43,45)(H,44,46)(H,47,52)(H,48,53). The van der Waals surface area contributed by atoms with Crippen molar-refractivity contribution >= 4 is 40.2 Å². The number of nitrogens with one attached hydrogen (secondary N) is 4. The van der Waals surface area contributed by atoms with Crippen molar-refractivity contribution in [2.24, 2.45) is 11.8 Å². The van der Waals surface area contributed by atoms with Crippen LogP contribution in [0.3, 0.4) is 0 Å². The summed E-state index contributed by atoms with van der Waals surface area (Å²) < 4.78 is 9.65. The highest BCUT2D eigenvalue weighted by Crippen LogP contribution is 2.35. The number of hydrogen-bond acceptors (Lipinski definition) is 8. The number of carbonyl (C=O) groups excluding carboxylic acids is 3. The smallest absolute Gasteiger partial charge is 0.407 e. The summed E-state index contributed by atoms with van der Waals surface area (Å²) in [6, 6.07) is 20.4. The molecule has 13 heteroatoms. The molecule has 4 atom stereocenters. The summed E-state index contributed by atoms with van der Waals surface area (Å²) in [6.07, 6.45) is 2.73. The van der Waals surface area contributed by atoms with Crippen molar-refractivity contribution in [3.8, 4) is 22.3 Å². The van der Waals surface area contributed by atoms with E-state index in [1.165, 1.54) is 14.2 Å². The van der Waals surface area contributed by atoms with Gasteiger partial charge in [-0.05, 0) is 90.6 Å². The Morgan fingerprint density at radius 1 is 0.709 bits per heavy atom. The summed E-state index contributed by atoms with van der Waals surface area (Å²) in [4.78, 5) is 58.9. The molecule has 4 N–H and O–H groups in total. The van der Waals surface area contributed by atoms with Crippen LogP contribution in [0.15, 0.2) is 60.7 Å². The maximum atomic E-state index is 13.6. The number of H-pyrrole nitrogens is 2. The largest absolute Gasteiger partial charge is 0.453 e. The van der Waals surface area contributed by atoms with Crippen LogP contribution >= 0.6 is 0 Å². The number of aromatic amines is 2. The Hall–Kier alpha value is -5.43. The minimum atomic E-state index is -0.680. The van der Waals surface area contributed by atoms with Gasteiger partial charge in [-0.15, -0.1) is 0 Å². The van der Waals surface area contributed by atoms with E-state index >= 15 is 0 Å². The number of ether oxygens (including phenoxy) is 2. The lowest BCUT2D eigenvalue weighted by Gasteiger charge is -2.30. The highest BCUT2D eigenvalue weighted by atomic mass is 16.5. The predicted molar refractivity (Wildman–Crippen MR) is 212 cm³/mol. The van der Waals surface area contributed by atoms with E-state index in [1.54, 1.807) is 0 Å². The van der Waals surface area contributed by atoms with Crippen molar-refractivity contribution < 1.29 is 23.9 Å². The fourth-order valence-electron chi connectivity index (χ4n) is 8.02. The lowest BCUT2D eigenvalue weighted by atomic mass is 10.00. The van der Waals surface area contributed by atoms with E-state index in [4.69, 9.17) is 19.4 Å². The number of carbonyl (C=O) groups is 3. The molecule has 2 aliphatic rings. The van der Waals surface area contributed by atoms with E-state index in [9.17, 15) is 14.4 Å². The van der Waals surface area contributed by atoms with Gasteiger partial charge in [0.15, 0.2) is 0 Å². The zero-order chi connectivity index (χ0) is 38.8. The summed E-state index contributed by atoms with van der Waals surface area (Å²) >= 11 is 0. The van der Waals surface area contributed by atoms with Gasteiger partial charge in [-0.3, -0.25) is 9.69 Å². The van der Waals surface area contributed by atoms with Gasteiger partial charge < -0.3 is 35.0 Å². The summed E-state index contributed by atoms with van der Waals surface area (Å²) in [5, 5.41) is 5.72. The zero-order valence-corrected chi connectivity index (χ0v) is 32.5. The fraction of sp³-hybridized carbons (Fsp3) is 0.452. The number of likely N-dealkylation sites (tertiary alicyclic amines) is 2. The number of rotatable bonds is 11. The number of fused-ring (bicyclic) bond motifs is 2. The van der Waals surface area contributed by atoms with Crippen molar-refractivity contribution in [3.05, 3.63) is 72.3 Å². The van der Waals surface area contributed by atoms with Crippen molar-refractivity contribution in [3.63, 3.8) is 0 Å². The van der Waals surface area contributed by atoms with Crippen LogP contribution in [-0.2, 0) is 14.3 Å². The normalized spacial score (nSPS) is 18.7. The monoisotopic (exact) mass is 748 g/mol. The Labute approximate surface area is 321 Å². The molecule has 5 aromatic rings. The third-order valence-corrected chi connectivity index (χ3v) is 11.2. The third kappa shape index (κ3) is 8.02. The van der Waals surface area contributed by atoms with Crippen LogP contribution < -0.4 is 10.6 Å². The second-order valence-corrected chi connectivity index (χ2v) is 15.5. The first kappa shape index (κ1) is 37.9. The van der Waals surface area contributed by atoms with E-state index in [0.29, 0.717) is 6.54 Å². The molecular weight excluding hydrogens is 697 g/mol. The van der Waals surface area contributed by atoms with Gasteiger partial charge in [0.1, 0.15) is 17.7 Å². The Bertz CT molecular complexity index is 2160. The molecule has 7 rings (SSSR count). The number of benzene rings is 3. The SMILES string of the molecule is COC(=O)NC(CN1CCCC1c1nc2ccc(-c3ccc(-c4ccc5nc(C6CCCN6C(=O)C(NC(=O)OC)C(C)C)[nH]c5c4)cc3)cc2[nH]1)C(C)C. The van der Waals surface area contributed by atoms with Gasteiger partial charge in [0.25, 0.3) is 0 Å². The average Bonchev–Trinajstić information content (AvgIpc) is 4.01. The molecule has 2 fully saturated rings. The van der Waals surface area contributed by atoms with Crippen LogP contribution in [0, 0.1) is 11.8 Å². The summed E-state index contributed by atoms with van der Waals surface area (Å²) in [5.74, 6) is 1.75. The van der Waals surface area contributed by atoms with Gasteiger partial charge >= 0.3 is 12.2 Å². The minimum absolute atomic E-state index is 0.0205. The van der Waals surface area contributed by atoms with Gasteiger partial charge in [0.2, 0.25) is 5.91 Å². The van der Waals surface area contributed by atoms with Crippen molar-refractivity contribution in [2.75, 3.05) is 33.9 Å². The number of hydrogen-bond donors (Lipinski definition) is 4. The quantitative estimate of drug-likeness (QED) is 0.109. The third-order valence-electron chi connectivity index (χ3n) is 11.2. The molecule has 3 aromatic carbocycles. The van der Waals surface area contributed by atoms with E-state index in [1.807, 2.05) is 24.8 Å². The maximum absolute atomic E-state index is 13.6. The minimum Gasteiger partial charge on any atom is -0.453 e. The van der Waals surface area contributed by atoms with E-state index in [2.05, 4.69) is 93.9 Å². The van der Waals surface area contributed by atoms with Gasteiger partial charge in [-0.1, -0.05) is 64.1 Å². The van der Waals surface area contributed by atoms with Gasteiger partial charge in [0, 0.05) is 19.1 Å². The molecule has 55 heavy (non-hydrogen) atoms. The van der Waals surface area contributed by atoms with E-state index < -0.39 is 18.2 Å². The molecule has 290 valence electrons. The average molecular weight is 749 g/mol. The molecule has 4 unspecified atom stereocenters. The number of methoxy groups -OCH3 is 2. The zero-order valence-electron chi connectivity index (χ0n) is 32.5. The molecule has 0 bridgehead atoms. The maximum Gasteiger partial charge on any atom is 0.407 e. The number of imidazole rings is 2. The molecule has 13 nitrogen and oxygen atoms in total. The fourth-order valence-corrected chi connectivity index (χ4v) is 8.02. The van der Waals surface area contributed by atoms with Crippen molar-refractivity contribution in [1.29, 1.82) is 0 Å².